The van der Waals surface area contributed by atoms with E-state index in [9.17, 15) is 14.4 Å². The molecule has 0 bridgehead atoms. The van der Waals surface area contributed by atoms with Crippen molar-refractivity contribution in [1.82, 2.24) is 21.3 Å². The van der Waals surface area contributed by atoms with Gasteiger partial charge in [0.1, 0.15) is 0 Å². The summed E-state index contributed by atoms with van der Waals surface area (Å²) in [5.74, 6) is -1.38. The lowest BCUT2D eigenvalue weighted by Crippen LogP contribution is -2.56. The van der Waals surface area contributed by atoms with Gasteiger partial charge in [-0.15, -0.1) is 0 Å². The monoisotopic (exact) mass is 294 g/mol. The second-order valence-electron chi connectivity index (χ2n) is 3.79. The molecule has 20 heavy (non-hydrogen) atoms. The van der Waals surface area contributed by atoms with Gasteiger partial charge in [0.15, 0.2) is 0 Å². The molecule has 0 aliphatic heterocycles. The van der Waals surface area contributed by atoms with Gasteiger partial charge in [-0.2, -0.15) is 5.01 Å². The first-order valence-electron chi connectivity index (χ1n) is 5.65. The van der Waals surface area contributed by atoms with Crippen LogP contribution in [0.1, 0.15) is 24.2 Å². The summed E-state index contributed by atoms with van der Waals surface area (Å²) in [5, 5.41) is 0.701. The van der Waals surface area contributed by atoms with Crippen LogP contribution in [0.4, 0.5) is 0 Å². The number of nitrogens with one attached hydrogen (secondary N) is 3. The zero-order valence-electron chi connectivity index (χ0n) is 11.0. The number of rotatable bonds is 1. The largest absolute Gasteiger partial charge is 0.279 e. The summed E-state index contributed by atoms with van der Waals surface area (Å²) in [6.07, 6.45) is 0. The number of benzene rings is 1. The minimum atomic E-state index is -0.524. The van der Waals surface area contributed by atoms with Gasteiger partial charge >= 0.3 is 0 Å². The molecule has 1 aromatic carbocycles. The molecule has 0 unspecified atom stereocenters. The Bertz CT molecular complexity index is 533. The molecule has 1 rings (SSSR count). The fourth-order valence-corrected chi connectivity index (χ4v) is 1.44. The summed E-state index contributed by atoms with van der Waals surface area (Å²) in [7, 11) is 0. The molecule has 1 aromatic rings. The summed E-state index contributed by atoms with van der Waals surface area (Å²) in [6, 6.07) is 8.29. The van der Waals surface area contributed by atoms with Gasteiger partial charge in [0, 0.05) is 19.4 Å². The van der Waals surface area contributed by atoms with Crippen LogP contribution in [0.25, 0.3) is 0 Å². The number of carbonyl (C=O) groups excluding carboxylic acids is 3. The molecule has 3 amide bonds. The summed E-state index contributed by atoms with van der Waals surface area (Å²) >= 11 is 4.95. The van der Waals surface area contributed by atoms with E-state index in [1.807, 2.05) is 0 Å². The van der Waals surface area contributed by atoms with E-state index in [2.05, 4.69) is 16.3 Å². The molecule has 0 saturated heterocycles. The summed E-state index contributed by atoms with van der Waals surface area (Å²) < 4.78 is 0. The Hall–Kier alpha value is -2.48. The Kier molecular flexibility index (Phi) is 5.60. The van der Waals surface area contributed by atoms with E-state index in [1.54, 1.807) is 30.3 Å². The van der Waals surface area contributed by atoms with E-state index in [0.29, 0.717) is 5.56 Å². The highest BCUT2D eigenvalue weighted by molar-refractivity contribution is 7.80. The van der Waals surface area contributed by atoms with Crippen molar-refractivity contribution in [3.63, 3.8) is 0 Å². The van der Waals surface area contributed by atoms with Gasteiger partial charge in [-0.05, 0) is 24.4 Å². The second kappa shape index (κ2) is 7.19. The highest BCUT2D eigenvalue weighted by Gasteiger charge is 2.21. The Morgan fingerprint density at radius 1 is 1.00 bits per heavy atom. The maximum Gasteiger partial charge on any atom is 0.279 e. The van der Waals surface area contributed by atoms with Crippen LogP contribution in [0.2, 0.25) is 0 Å². The molecule has 3 N–H and O–H groups in total. The Morgan fingerprint density at radius 2 is 1.60 bits per heavy atom. The Morgan fingerprint density at radius 3 is 2.10 bits per heavy atom. The van der Waals surface area contributed by atoms with E-state index in [1.165, 1.54) is 13.8 Å². The molecule has 0 aliphatic carbocycles. The standard InChI is InChI=1S/C12H14N4O3S/c1-8(17)13-14-12(20)16(15-9(2)18)11(19)10-6-4-3-5-7-10/h3-7H,1-2H3,(H,13,17)(H,14,20)(H,15,18). The number of carbonyl (C=O) groups is 3. The van der Waals surface area contributed by atoms with Gasteiger partial charge in [-0.1, -0.05) is 18.2 Å². The molecule has 0 atom stereocenters. The van der Waals surface area contributed by atoms with Gasteiger partial charge in [0.25, 0.3) is 5.91 Å². The highest BCUT2D eigenvalue weighted by Crippen LogP contribution is 2.03. The van der Waals surface area contributed by atoms with Crippen LogP contribution in [-0.2, 0) is 9.59 Å². The van der Waals surface area contributed by atoms with Crippen molar-refractivity contribution in [1.29, 1.82) is 0 Å². The summed E-state index contributed by atoms with van der Waals surface area (Å²) in [6.45, 7) is 2.52. The smallest absolute Gasteiger partial charge is 0.274 e. The Balaban J connectivity index is 2.88. The van der Waals surface area contributed by atoms with E-state index < -0.39 is 11.8 Å². The van der Waals surface area contributed by atoms with Crippen molar-refractivity contribution >= 4 is 35.1 Å². The average Bonchev–Trinajstić information content (AvgIpc) is 2.42. The van der Waals surface area contributed by atoms with E-state index in [0.717, 1.165) is 5.01 Å². The van der Waals surface area contributed by atoms with Crippen molar-refractivity contribution in [2.45, 2.75) is 13.8 Å². The molecule has 0 aromatic heterocycles. The molecule has 0 fully saturated rings. The van der Waals surface area contributed by atoms with E-state index >= 15 is 0 Å². The van der Waals surface area contributed by atoms with Crippen LogP contribution in [0, 0.1) is 0 Å². The van der Waals surface area contributed by atoms with Crippen LogP contribution in [0.3, 0.4) is 0 Å². The fraction of sp³-hybridized carbons (Fsp3) is 0.167. The summed E-state index contributed by atoms with van der Waals surface area (Å²) in [5.41, 5.74) is 7.22. The molecule has 0 radical (unpaired) electrons. The van der Waals surface area contributed by atoms with Gasteiger partial charge in [0.2, 0.25) is 16.9 Å². The topological polar surface area (TPSA) is 90.5 Å². The van der Waals surface area contributed by atoms with Gasteiger partial charge < -0.3 is 0 Å². The third kappa shape index (κ3) is 4.65. The molecule has 106 valence electrons. The third-order valence-electron chi connectivity index (χ3n) is 2.04. The van der Waals surface area contributed by atoms with Crippen LogP contribution in [0.5, 0.6) is 0 Å². The quantitative estimate of drug-likeness (QED) is 0.505. The molecule has 0 heterocycles. The number of hydrazine groups is 2. The second-order valence-corrected chi connectivity index (χ2v) is 4.17. The zero-order chi connectivity index (χ0) is 15.1. The van der Waals surface area contributed by atoms with Crippen molar-refractivity contribution in [3.8, 4) is 0 Å². The lowest BCUT2D eigenvalue weighted by atomic mass is 10.2. The van der Waals surface area contributed by atoms with Crippen LogP contribution >= 0.6 is 12.2 Å². The average molecular weight is 294 g/mol. The minimum Gasteiger partial charge on any atom is -0.274 e. The van der Waals surface area contributed by atoms with Crippen molar-refractivity contribution in [2.24, 2.45) is 0 Å². The van der Waals surface area contributed by atoms with E-state index in [-0.39, 0.29) is 11.0 Å². The normalized spacial score (nSPS) is 9.30. The van der Waals surface area contributed by atoms with Crippen LogP contribution < -0.4 is 16.3 Å². The zero-order valence-corrected chi connectivity index (χ0v) is 11.8. The maximum absolute atomic E-state index is 12.2. The lowest BCUT2D eigenvalue weighted by molar-refractivity contribution is -0.121. The molecular formula is C12H14N4O3S. The van der Waals surface area contributed by atoms with E-state index in [4.69, 9.17) is 12.2 Å². The predicted molar refractivity (Wildman–Crippen MR) is 76.0 cm³/mol. The molecule has 8 heteroatoms. The lowest BCUT2D eigenvalue weighted by Gasteiger charge is -2.23. The number of hydrogen-bond acceptors (Lipinski definition) is 4. The van der Waals surface area contributed by atoms with Crippen molar-refractivity contribution in [2.75, 3.05) is 0 Å². The third-order valence-corrected chi connectivity index (χ3v) is 2.33. The van der Waals surface area contributed by atoms with Gasteiger partial charge in [-0.25, -0.2) is 0 Å². The maximum atomic E-state index is 12.2. The number of thiocarbonyl (C=S) groups is 1. The molecule has 0 aliphatic rings. The molecule has 7 nitrogen and oxygen atoms in total. The molecular weight excluding hydrogens is 280 g/mol. The first-order valence-corrected chi connectivity index (χ1v) is 6.06. The molecule has 0 saturated carbocycles. The van der Waals surface area contributed by atoms with Gasteiger partial charge in [-0.3, -0.25) is 30.7 Å². The number of amides is 3. The minimum absolute atomic E-state index is 0.149. The molecule has 0 spiro atoms. The summed E-state index contributed by atoms with van der Waals surface area (Å²) in [4.78, 5) is 34.2. The first-order chi connectivity index (χ1) is 9.41. The van der Waals surface area contributed by atoms with Crippen molar-refractivity contribution in [3.05, 3.63) is 35.9 Å². The number of nitrogens with zero attached hydrogens (tertiary/aromatic N) is 1. The predicted octanol–water partition coefficient (Wildman–Crippen LogP) is 0.106. The SMILES string of the molecule is CC(=O)NNC(=S)N(NC(C)=O)C(=O)c1ccccc1. The highest BCUT2D eigenvalue weighted by atomic mass is 32.1. The number of hydrogen-bond donors (Lipinski definition) is 3. The Labute approximate surface area is 121 Å². The van der Waals surface area contributed by atoms with Crippen molar-refractivity contribution < 1.29 is 14.4 Å². The van der Waals surface area contributed by atoms with Gasteiger partial charge in [0.05, 0.1) is 0 Å². The first kappa shape index (κ1) is 15.6. The van der Waals surface area contributed by atoms with Crippen LogP contribution in [0.15, 0.2) is 30.3 Å². The fourth-order valence-electron chi connectivity index (χ4n) is 1.26. The van der Waals surface area contributed by atoms with Crippen LogP contribution in [-0.4, -0.2) is 27.8 Å².